The van der Waals surface area contributed by atoms with Crippen LogP contribution in [0.25, 0.3) is 0 Å². The van der Waals surface area contributed by atoms with Gasteiger partial charge in [-0.15, -0.1) is 0 Å². The molecular weight excluding hydrogens is 377 g/mol. The molecular formula is C19H17F3N2O4. The summed E-state index contributed by atoms with van der Waals surface area (Å²) in [5.41, 5.74) is 1.84. The van der Waals surface area contributed by atoms with E-state index in [4.69, 9.17) is 4.74 Å². The topological polar surface area (TPSA) is 68.7 Å². The Labute approximate surface area is 158 Å². The Morgan fingerprint density at radius 2 is 1.96 bits per heavy atom. The number of aromatic nitrogens is 1. The van der Waals surface area contributed by atoms with Crippen LogP contribution in [0.2, 0.25) is 0 Å². The summed E-state index contributed by atoms with van der Waals surface area (Å²) in [4.78, 5) is 30.0. The van der Waals surface area contributed by atoms with Crippen LogP contribution in [0.1, 0.15) is 22.8 Å². The Bertz CT molecular complexity index is 868. The summed E-state index contributed by atoms with van der Waals surface area (Å²) < 4.78 is 46.0. The maximum atomic E-state index is 12.6. The highest BCUT2D eigenvalue weighted by molar-refractivity contribution is 6.00. The van der Waals surface area contributed by atoms with Gasteiger partial charge in [-0.05, 0) is 31.0 Å². The Balaban J connectivity index is 1.59. The average Bonchev–Trinajstić information content (AvgIpc) is 3.09. The van der Waals surface area contributed by atoms with Crippen LogP contribution >= 0.6 is 0 Å². The van der Waals surface area contributed by atoms with E-state index in [1.807, 2.05) is 24.3 Å². The third kappa shape index (κ3) is 4.59. The lowest BCUT2D eigenvalue weighted by atomic mass is 10.2. The molecule has 6 nitrogen and oxygen atoms in total. The highest BCUT2D eigenvalue weighted by Gasteiger charge is 2.30. The van der Waals surface area contributed by atoms with Crippen molar-refractivity contribution < 1.29 is 32.2 Å². The van der Waals surface area contributed by atoms with Gasteiger partial charge in [0.1, 0.15) is 0 Å². The summed E-state index contributed by atoms with van der Waals surface area (Å²) in [7, 11) is 0. The van der Waals surface area contributed by atoms with Crippen molar-refractivity contribution in [3.8, 4) is 5.88 Å². The van der Waals surface area contributed by atoms with Crippen molar-refractivity contribution in [2.45, 2.75) is 25.6 Å². The normalized spacial score (nSPS) is 14.4. The van der Waals surface area contributed by atoms with E-state index in [0.717, 1.165) is 29.9 Å². The van der Waals surface area contributed by atoms with Crippen molar-refractivity contribution in [1.29, 1.82) is 0 Å². The van der Waals surface area contributed by atoms with Crippen molar-refractivity contribution in [2.75, 3.05) is 18.1 Å². The second-order valence-electron chi connectivity index (χ2n) is 6.21. The molecule has 0 bridgehead atoms. The molecule has 0 saturated carbocycles. The van der Waals surface area contributed by atoms with Gasteiger partial charge in [-0.25, -0.2) is 9.78 Å². The quantitative estimate of drug-likeness (QED) is 0.729. The standard InChI is InChI=1S/C19H17F3N2O4/c1-12(17(25)24-9-8-13-4-2-3-5-15(13)24)28-18(26)14-6-7-16(23-10-14)27-11-19(20,21)22/h2-7,10,12H,8-9,11H2,1H3/t12-/m0/s1. The zero-order chi connectivity index (χ0) is 20.3. The first-order valence-corrected chi connectivity index (χ1v) is 8.50. The summed E-state index contributed by atoms with van der Waals surface area (Å²) >= 11 is 0. The smallest absolute Gasteiger partial charge is 0.422 e. The van der Waals surface area contributed by atoms with E-state index in [9.17, 15) is 22.8 Å². The minimum Gasteiger partial charge on any atom is -0.468 e. The lowest BCUT2D eigenvalue weighted by molar-refractivity contribution is -0.154. The number of nitrogens with zero attached hydrogens (tertiary/aromatic N) is 2. The molecule has 1 atom stereocenters. The van der Waals surface area contributed by atoms with Crippen molar-refractivity contribution in [1.82, 2.24) is 4.98 Å². The molecule has 0 saturated heterocycles. The zero-order valence-corrected chi connectivity index (χ0v) is 14.9. The van der Waals surface area contributed by atoms with Crippen LogP contribution in [0.15, 0.2) is 42.6 Å². The molecule has 0 fully saturated rings. The molecule has 2 aromatic rings. The number of benzene rings is 1. The van der Waals surface area contributed by atoms with E-state index >= 15 is 0 Å². The summed E-state index contributed by atoms with van der Waals surface area (Å²) in [5.74, 6) is -1.42. The van der Waals surface area contributed by atoms with Crippen LogP contribution < -0.4 is 9.64 Å². The predicted octanol–water partition coefficient (Wildman–Crippen LogP) is 3.16. The molecule has 9 heteroatoms. The van der Waals surface area contributed by atoms with E-state index in [1.165, 1.54) is 13.0 Å². The average molecular weight is 394 g/mol. The molecule has 0 unspecified atom stereocenters. The molecule has 0 spiro atoms. The number of pyridine rings is 1. The fraction of sp³-hybridized carbons (Fsp3) is 0.316. The Morgan fingerprint density at radius 3 is 2.64 bits per heavy atom. The molecule has 0 aliphatic carbocycles. The van der Waals surface area contributed by atoms with Gasteiger partial charge >= 0.3 is 12.1 Å². The van der Waals surface area contributed by atoms with Gasteiger partial charge in [0.2, 0.25) is 5.88 Å². The minimum absolute atomic E-state index is 0.000769. The molecule has 1 aliphatic rings. The number of para-hydroxylation sites is 1. The number of amides is 1. The van der Waals surface area contributed by atoms with Crippen LogP contribution in [0, 0.1) is 0 Å². The van der Waals surface area contributed by atoms with Gasteiger partial charge in [-0.1, -0.05) is 18.2 Å². The van der Waals surface area contributed by atoms with Crippen LogP contribution in [0.3, 0.4) is 0 Å². The number of ether oxygens (including phenoxy) is 2. The van der Waals surface area contributed by atoms with Crippen molar-refractivity contribution in [3.63, 3.8) is 0 Å². The van der Waals surface area contributed by atoms with Gasteiger partial charge in [0.05, 0.1) is 5.56 Å². The number of hydrogen-bond acceptors (Lipinski definition) is 5. The van der Waals surface area contributed by atoms with Crippen molar-refractivity contribution in [3.05, 3.63) is 53.7 Å². The van der Waals surface area contributed by atoms with Crippen molar-refractivity contribution in [2.24, 2.45) is 0 Å². The summed E-state index contributed by atoms with van der Waals surface area (Å²) in [6.45, 7) is 0.495. The molecule has 28 heavy (non-hydrogen) atoms. The molecule has 1 amide bonds. The summed E-state index contributed by atoms with van der Waals surface area (Å²) in [6, 6.07) is 9.85. The number of carbonyl (C=O) groups is 2. The first-order chi connectivity index (χ1) is 13.2. The third-order valence-electron chi connectivity index (χ3n) is 4.14. The maximum absolute atomic E-state index is 12.6. The zero-order valence-electron chi connectivity index (χ0n) is 14.9. The van der Waals surface area contributed by atoms with Gasteiger partial charge in [0, 0.05) is 24.5 Å². The largest absolute Gasteiger partial charge is 0.468 e. The molecule has 1 aromatic carbocycles. The Hall–Kier alpha value is -3.10. The highest BCUT2D eigenvalue weighted by atomic mass is 19.4. The van der Waals surface area contributed by atoms with Gasteiger partial charge in [0.15, 0.2) is 12.7 Å². The molecule has 0 N–H and O–H groups in total. The lowest BCUT2D eigenvalue weighted by Gasteiger charge is -2.21. The van der Waals surface area contributed by atoms with E-state index in [2.05, 4.69) is 9.72 Å². The van der Waals surface area contributed by atoms with E-state index in [1.54, 1.807) is 4.90 Å². The molecule has 1 aromatic heterocycles. The number of hydrogen-bond donors (Lipinski definition) is 0. The number of esters is 1. The molecule has 2 heterocycles. The molecule has 0 radical (unpaired) electrons. The number of halogens is 3. The van der Waals surface area contributed by atoms with Gasteiger partial charge in [0.25, 0.3) is 5.91 Å². The van der Waals surface area contributed by atoms with E-state index in [0.29, 0.717) is 6.54 Å². The first-order valence-electron chi connectivity index (χ1n) is 8.50. The second-order valence-corrected chi connectivity index (χ2v) is 6.21. The van der Waals surface area contributed by atoms with Crippen LogP contribution in [0.5, 0.6) is 5.88 Å². The molecule has 1 aliphatic heterocycles. The number of carbonyl (C=O) groups excluding carboxylic acids is 2. The maximum Gasteiger partial charge on any atom is 0.422 e. The number of fused-ring (bicyclic) bond motifs is 1. The summed E-state index contributed by atoms with van der Waals surface area (Å²) in [5, 5.41) is 0. The molecule has 3 rings (SSSR count). The number of anilines is 1. The number of alkyl halides is 3. The van der Waals surface area contributed by atoms with Crippen LogP contribution in [-0.4, -0.2) is 42.3 Å². The monoisotopic (exact) mass is 394 g/mol. The van der Waals surface area contributed by atoms with Gasteiger partial charge < -0.3 is 14.4 Å². The molecule has 148 valence electrons. The second kappa shape index (κ2) is 7.87. The van der Waals surface area contributed by atoms with E-state index in [-0.39, 0.29) is 17.4 Å². The minimum atomic E-state index is -4.48. The van der Waals surface area contributed by atoms with E-state index < -0.39 is 24.9 Å². The van der Waals surface area contributed by atoms with Gasteiger partial charge in [-0.3, -0.25) is 4.79 Å². The SMILES string of the molecule is C[C@H](OC(=O)c1ccc(OCC(F)(F)F)nc1)C(=O)N1CCc2ccccc21. The van der Waals surface area contributed by atoms with Crippen molar-refractivity contribution >= 4 is 17.6 Å². The number of rotatable bonds is 5. The fourth-order valence-corrected chi connectivity index (χ4v) is 2.81. The summed E-state index contributed by atoms with van der Waals surface area (Å²) in [6.07, 6.45) is -3.74. The van der Waals surface area contributed by atoms with Gasteiger partial charge in [-0.2, -0.15) is 13.2 Å². The predicted molar refractivity (Wildman–Crippen MR) is 93.2 cm³/mol. The fourth-order valence-electron chi connectivity index (χ4n) is 2.81. The highest BCUT2D eigenvalue weighted by Crippen LogP contribution is 2.28. The Kier molecular flexibility index (Phi) is 5.53. The first kappa shape index (κ1) is 19.7. The Morgan fingerprint density at radius 1 is 1.21 bits per heavy atom. The third-order valence-corrected chi connectivity index (χ3v) is 4.14. The van der Waals surface area contributed by atoms with Crippen LogP contribution in [-0.2, 0) is 16.0 Å². The lowest BCUT2D eigenvalue weighted by Crippen LogP contribution is -2.39. The van der Waals surface area contributed by atoms with Crippen LogP contribution in [0.4, 0.5) is 18.9 Å².